The van der Waals surface area contributed by atoms with Gasteiger partial charge in [-0.25, -0.2) is 4.98 Å². The van der Waals surface area contributed by atoms with Crippen molar-refractivity contribution in [2.24, 2.45) is 0 Å². The molecule has 160 valence electrons. The number of aromatic hydroxyl groups is 1. The van der Waals surface area contributed by atoms with Gasteiger partial charge in [0.15, 0.2) is 5.13 Å². The van der Waals surface area contributed by atoms with Crippen molar-refractivity contribution < 1.29 is 14.6 Å². The molecule has 32 heavy (non-hydrogen) atoms. The van der Waals surface area contributed by atoms with E-state index in [1.165, 1.54) is 0 Å². The molecular formula is C26H22N2O3S. The van der Waals surface area contributed by atoms with Crippen LogP contribution in [-0.4, -0.2) is 24.3 Å². The van der Waals surface area contributed by atoms with Gasteiger partial charge in [0.1, 0.15) is 17.2 Å². The molecule has 5 rings (SSSR count). The molecule has 1 aromatic heterocycles. The number of nitrogens with zero attached hydrogens (tertiary/aromatic N) is 1. The molecule has 5 aromatic rings. The third kappa shape index (κ3) is 3.59. The molecule has 0 spiro atoms. The van der Waals surface area contributed by atoms with Crippen LogP contribution in [0.3, 0.4) is 0 Å². The first kappa shape index (κ1) is 20.2. The Morgan fingerprint density at radius 3 is 2.53 bits per heavy atom. The summed E-state index contributed by atoms with van der Waals surface area (Å²) in [5.74, 6) is 1.60. The smallest absolute Gasteiger partial charge is 0.184 e. The summed E-state index contributed by atoms with van der Waals surface area (Å²) in [5.41, 5.74) is 2.53. The lowest BCUT2D eigenvalue weighted by Gasteiger charge is -2.24. The zero-order valence-corrected chi connectivity index (χ0v) is 18.5. The summed E-state index contributed by atoms with van der Waals surface area (Å²) in [5, 5.41) is 17.3. The molecule has 0 radical (unpaired) electrons. The molecule has 0 fully saturated rings. The summed E-state index contributed by atoms with van der Waals surface area (Å²) in [7, 11) is 3.28. The lowest BCUT2D eigenvalue weighted by atomic mass is 9.92. The number of ether oxygens (including phenoxy) is 2. The molecule has 1 heterocycles. The summed E-state index contributed by atoms with van der Waals surface area (Å²) in [6, 6.07) is 25.0. The van der Waals surface area contributed by atoms with E-state index in [9.17, 15) is 5.11 Å². The Balaban J connectivity index is 1.74. The molecule has 0 amide bonds. The van der Waals surface area contributed by atoms with E-state index in [4.69, 9.17) is 14.5 Å². The predicted molar refractivity (Wildman–Crippen MR) is 130 cm³/mol. The standard InChI is InChI=1S/C26H22N2O3S/c1-30-17-12-14-22(31-2)19(15-17)25(28-26-27-20-9-5-6-10-23(20)32-26)24-18-8-4-3-7-16(18)11-13-21(24)29/h3-15,25,29H,1-2H3,(H,27,28). The van der Waals surface area contributed by atoms with E-state index in [0.29, 0.717) is 11.5 Å². The summed E-state index contributed by atoms with van der Waals surface area (Å²) < 4.78 is 12.3. The van der Waals surface area contributed by atoms with Gasteiger partial charge in [-0.05, 0) is 47.2 Å². The Kier molecular flexibility index (Phi) is 5.29. The van der Waals surface area contributed by atoms with Crippen LogP contribution in [0.2, 0.25) is 0 Å². The molecule has 6 heteroatoms. The number of para-hydroxylation sites is 1. The number of thiazole rings is 1. The Labute approximate surface area is 189 Å². The van der Waals surface area contributed by atoms with E-state index in [0.717, 1.165) is 37.2 Å². The van der Waals surface area contributed by atoms with Crippen LogP contribution in [-0.2, 0) is 0 Å². The maximum absolute atomic E-state index is 11.0. The van der Waals surface area contributed by atoms with Crippen LogP contribution in [0, 0.1) is 0 Å². The number of rotatable bonds is 6. The van der Waals surface area contributed by atoms with Crippen LogP contribution in [0.5, 0.6) is 17.2 Å². The molecule has 5 nitrogen and oxygen atoms in total. The molecule has 1 atom stereocenters. The maximum Gasteiger partial charge on any atom is 0.184 e. The van der Waals surface area contributed by atoms with Crippen molar-refractivity contribution in [1.29, 1.82) is 0 Å². The topological polar surface area (TPSA) is 63.6 Å². The van der Waals surface area contributed by atoms with Gasteiger partial charge in [-0.15, -0.1) is 0 Å². The normalized spacial score (nSPS) is 12.1. The minimum atomic E-state index is -0.424. The second-order valence-corrected chi connectivity index (χ2v) is 8.42. The van der Waals surface area contributed by atoms with Crippen molar-refractivity contribution in [3.63, 3.8) is 0 Å². The molecule has 1 unspecified atom stereocenters. The summed E-state index contributed by atoms with van der Waals surface area (Å²) in [4.78, 5) is 4.77. The first-order valence-corrected chi connectivity index (χ1v) is 11.0. The van der Waals surface area contributed by atoms with E-state index >= 15 is 0 Å². The number of aromatic nitrogens is 1. The molecule has 0 saturated carbocycles. The average Bonchev–Trinajstić information content (AvgIpc) is 3.25. The third-order valence-corrected chi connectivity index (χ3v) is 6.51. The molecule has 0 bridgehead atoms. The van der Waals surface area contributed by atoms with Crippen molar-refractivity contribution in [3.8, 4) is 17.2 Å². The Hall–Kier alpha value is -3.77. The largest absolute Gasteiger partial charge is 0.508 e. The fourth-order valence-electron chi connectivity index (χ4n) is 4.02. The highest BCUT2D eigenvalue weighted by atomic mass is 32.1. The van der Waals surface area contributed by atoms with Crippen LogP contribution in [0.1, 0.15) is 17.2 Å². The maximum atomic E-state index is 11.0. The second-order valence-electron chi connectivity index (χ2n) is 7.39. The number of phenolic OH excluding ortho intramolecular Hbond substituents is 1. The number of benzene rings is 4. The van der Waals surface area contributed by atoms with Gasteiger partial charge in [0, 0.05) is 11.1 Å². The van der Waals surface area contributed by atoms with Crippen LogP contribution in [0.25, 0.3) is 21.0 Å². The number of hydrogen-bond donors (Lipinski definition) is 2. The minimum Gasteiger partial charge on any atom is -0.508 e. The summed E-state index contributed by atoms with van der Waals surface area (Å²) >= 11 is 1.57. The fraction of sp³-hybridized carbons (Fsp3) is 0.115. The lowest BCUT2D eigenvalue weighted by molar-refractivity contribution is 0.397. The van der Waals surface area contributed by atoms with Crippen molar-refractivity contribution >= 4 is 37.5 Å². The van der Waals surface area contributed by atoms with Gasteiger partial charge < -0.3 is 19.9 Å². The zero-order valence-electron chi connectivity index (χ0n) is 17.7. The van der Waals surface area contributed by atoms with Gasteiger partial charge in [0.2, 0.25) is 0 Å². The highest BCUT2D eigenvalue weighted by Gasteiger charge is 2.25. The van der Waals surface area contributed by atoms with Gasteiger partial charge >= 0.3 is 0 Å². The van der Waals surface area contributed by atoms with Crippen LogP contribution < -0.4 is 14.8 Å². The van der Waals surface area contributed by atoms with Gasteiger partial charge in [-0.2, -0.15) is 0 Å². The highest BCUT2D eigenvalue weighted by Crippen LogP contribution is 2.42. The Morgan fingerprint density at radius 2 is 1.72 bits per heavy atom. The van der Waals surface area contributed by atoms with E-state index < -0.39 is 6.04 Å². The number of fused-ring (bicyclic) bond motifs is 2. The highest BCUT2D eigenvalue weighted by molar-refractivity contribution is 7.22. The van der Waals surface area contributed by atoms with Gasteiger partial charge in [0.05, 0.1) is 30.5 Å². The number of hydrogen-bond acceptors (Lipinski definition) is 6. The van der Waals surface area contributed by atoms with Crippen LogP contribution in [0.15, 0.2) is 78.9 Å². The first-order chi connectivity index (χ1) is 15.7. The van der Waals surface area contributed by atoms with Gasteiger partial charge in [-0.3, -0.25) is 0 Å². The van der Waals surface area contributed by atoms with Gasteiger partial charge in [0.25, 0.3) is 0 Å². The molecule has 2 N–H and O–H groups in total. The van der Waals surface area contributed by atoms with Crippen molar-refractivity contribution in [2.45, 2.75) is 6.04 Å². The van der Waals surface area contributed by atoms with Crippen LogP contribution in [0.4, 0.5) is 5.13 Å². The van der Waals surface area contributed by atoms with Crippen molar-refractivity contribution in [3.05, 3.63) is 90.0 Å². The fourth-order valence-corrected chi connectivity index (χ4v) is 4.91. The van der Waals surface area contributed by atoms with E-state index in [-0.39, 0.29) is 5.75 Å². The number of anilines is 1. The average molecular weight is 443 g/mol. The molecule has 0 aliphatic rings. The monoisotopic (exact) mass is 442 g/mol. The van der Waals surface area contributed by atoms with Crippen LogP contribution >= 0.6 is 11.3 Å². The lowest BCUT2D eigenvalue weighted by Crippen LogP contribution is -2.14. The number of nitrogens with one attached hydrogen (secondary N) is 1. The van der Waals surface area contributed by atoms with E-state index in [1.807, 2.05) is 66.7 Å². The van der Waals surface area contributed by atoms with Gasteiger partial charge in [-0.1, -0.05) is 53.8 Å². The predicted octanol–water partition coefficient (Wildman–Crippen LogP) is 6.37. The summed E-state index contributed by atoms with van der Waals surface area (Å²) in [6.45, 7) is 0. The molecular weight excluding hydrogens is 420 g/mol. The molecule has 0 saturated heterocycles. The molecule has 0 aliphatic carbocycles. The Bertz CT molecular complexity index is 1380. The third-order valence-electron chi connectivity index (χ3n) is 5.55. The second kappa shape index (κ2) is 8.40. The summed E-state index contributed by atoms with van der Waals surface area (Å²) in [6.07, 6.45) is 0. The van der Waals surface area contributed by atoms with Crippen molar-refractivity contribution in [2.75, 3.05) is 19.5 Å². The SMILES string of the molecule is COc1ccc(OC)c(C(Nc2nc3ccccc3s2)c2c(O)ccc3ccccc23)c1. The zero-order chi connectivity index (χ0) is 22.1. The Morgan fingerprint density at radius 1 is 0.906 bits per heavy atom. The molecule has 0 aliphatic heterocycles. The van der Waals surface area contributed by atoms with E-state index in [1.54, 1.807) is 31.6 Å². The number of phenols is 1. The number of methoxy groups -OCH3 is 2. The molecule has 4 aromatic carbocycles. The minimum absolute atomic E-state index is 0.201. The first-order valence-electron chi connectivity index (χ1n) is 10.2. The van der Waals surface area contributed by atoms with Crippen molar-refractivity contribution in [1.82, 2.24) is 4.98 Å². The quantitative estimate of drug-likeness (QED) is 0.320. The van der Waals surface area contributed by atoms with E-state index in [2.05, 4.69) is 11.4 Å².